The first kappa shape index (κ1) is 14.6. The van der Waals surface area contributed by atoms with Crippen LogP contribution in [-0.4, -0.2) is 17.0 Å². The van der Waals surface area contributed by atoms with Crippen LogP contribution in [0.15, 0.2) is 28.7 Å². The maximum absolute atomic E-state index is 12.3. The lowest BCUT2D eigenvalue weighted by molar-refractivity contribution is -0.157. The molecule has 0 spiro atoms. The highest BCUT2D eigenvalue weighted by molar-refractivity contribution is 9.10. The van der Waals surface area contributed by atoms with Crippen LogP contribution in [0.4, 0.5) is 0 Å². The molecule has 2 fully saturated rings. The normalized spacial score (nSPS) is 21.2. The summed E-state index contributed by atoms with van der Waals surface area (Å²) >= 11 is 3.45. The third-order valence-electron chi connectivity index (χ3n) is 4.77. The number of carbonyl (C=O) groups excluding carboxylic acids is 1. The van der Waals surface area contributed by atoms with Gasteiger partial charge in [0.2, 0.25) is 5.91 Å². The fraction of sp³-hybridized carbons (Fsp3) is 0.500. The Hall–Kier alpha value is -1.36. The van der Waals surface area contributed by atoms with Gasteiger partial charge in [-0.15, -0.1) is 0 Å². The topological polar surface area (TPSA) is 66.4 Å². The van der Waals surface area contributed by atoms with Gasteiger partial charge in [0.15, 0.2) is 0 Å². The summed E-state index contributed by atoms with van der Waals surface area (Å²) in [5, 5.41) is 12.4. The van der Waals surface area contributed by atoms with Crippen molar-refractivity contribution >= 4 is 27.8 Å². The van der Waals surface area contributed by atoms with Crippen molar-refractivity contribution < 1.29 is 14.7 Å². The summed E-state index contributed by atoms with van der Waals surface area (Å²) in [5.74, 6) is -0.981. The van der Waals surface area contributed by atoms with E-state index in [-0.39, 0.29) is 17.9 Å². The molecule has 4 nitrogen and oxygen atoms in total. The van der Waals surface area contributed by atoms with Gasteiger partial charge in [-0.1, -0.05) is 34.5 Å². The molecule has 3 rings (SSSR count). The van der Waals surface area contributed by atoms with Gasteiger partial charge in [-0.2, -0.15) is 0 Å². The van der Waals surface area contributed by atoms with Crippen molar-refractivity contribution in [2.24, 2.45) is 5.41 Å². The molecule has 1 aromatic carbocycles. The molecule has 0 bridgehead atoms. The molecule has 1 aromatic rings. The molecule has 2 aliphatic carbocycles. The van der Waals surface area contributed by atoms with E-state index in [1.54, 1.807) is 0 Å². The van der Waals surface area contributed by atoms with Crippen LogP contribution in [-0.2, 0) is 15.1 Å². The summed E-state index contributed by atoms with van der Waals surface area (Å²) in [6, 6.07) is 7.93. The molecule has 0 aliphatic heterocycles. The largest absolute Gasteiger partial charge is 0.481 e. The summed E-state index contributed by atoms with van der Waals surface area (Å²) in [4.78, 5) is 23.6. The zero-order valence-corrected chi connectivity index (χ0v) is 13.3. The van der Waals surface area contributed by atoms with Crippen LogP contribution in [0.1, 0.15) is 44.1 Å². The molecule has 21 heavy (non-hydrogen) atoms. The summed E-state index contributed by atoms with van der Waals surface area (Å²) in [6.45, 7) is 0. The van der Waals surface area contributed by atoms with Crippen LogP contribution in [0, 0.1) is 5.41 Å². The summed E-state index contributed by atoms with van der Waals surface area (Å²) in [6.07, 6.45) is 4.04. The average Bonchev–Trinajstić information content (AvgIpc) is 3.14. The second kappa shape index (κ2) is 5.13. The lowest BCUT2D eigenvalue weighted by Crippen LogP contribution is -2.44. The van der Waals surface area contributed by atoms with Gasteiger partial charge >= 0.3 is 5.97 Å². The Bertz CT molecular complexity index is 591. The van der Waals surface area contributed by atoms with Crippen LogP contribution in [0.25, 0.3) is 0 Å². The zero-order chi connectivity index (χ0) is 15.1. The molecule has 1 amide bonds. The maximum atomic E-state index is 12.3. The number of carboxylic acid groups (broad SMARTS) is 1. The van der Waals surface area contributed by atoms with E-state index in [4.69, 9.17) is 0 Å². The van der Waals surface area contributed by atoms with Crippen molar-refractivity contribution in [2.75, 3.05) is 0 Å². The molecule has 0 aromatic heterocycles. The molecule has 5 heteroatoms. The molecular formula is C16H18BrNO3. The smallest absolute Gasteiger partial charge is 0.310 e. The average molecular weight is 352 g/mol. The first-order chi connectivity index (χ1) is 9.96. The van der Waals surface area contributed by atoms with Crippen LogP contribution in [0.2, 0.25) is 0 Å². The van der Waals surface area contributed by atoms with Gasteiger partial charge in [0.1, 0.15) is 0 Å². The maximum Gasteiger partial charge on any atom is 0.310 e. The Kier molecular flexibility index (Phi) is 3.56. The summed E-state index contributed by atoms with van der Waals surface area (Å²) in [7, 11) is 0. The number of halogens is 1. The standard InChI is InChI=1S/C16H18BrNO3/c17-12-4-1-3-11(9-12)16(7-8-16)18-13(19)10-15(14(20)21)5-2-6-15/h1,3-4,9H,2,5-8,10H2,(H,18,19)(H,20,21). The number of aliphatic carboxylic acids is 1. The first-order valence-electron chi connectivity index (χ1n) is 7.26. The number of carboxylic acids is 1. The Morgan fingerprint density at radius 3 is 2.43 bits per heavy atom. The minimum absolute atomic E-state index is 0.0953. The van der Waals surface area contributed by atoms with Crippen LogP contribution in [0.5, 0.6) is 0 Å². The van der Waals surface area contributed by atoms with Gasteiger partial charge in [-0.25, -0.2) is 0 Å². The molecule has 0 radical (unpaired) electrons. The Morgan fingerprint density at radius 1 is 1.24 bits per heavy atom. The highest BCUT2D eigenvalue weighted by Crippen LogP contribution is 2.48. The van der Waals surface area contributed by atoms with Gasteiger partial charge in [0, 0.05) is 10.9 Å². The van der Waals surface area contributed by atoms with E-state index < -0.39 is 11.4 Å². The van der Waals surface area contributed by atoms with E-state index in [9.17, 15) is 14.7 Å². The van der Waals surface area contributed by atoms with Gasteiger partial charge in [0.25, 0.3) is 0 Å². The molecular weight excluding hydrogens is 334 g/mol. The number of nitrogens with one attached hydrogen (secondary N) is 1. The SMILES string of the molecule is O=C(CC1(C(=O)O)CCC1)NC1(c2cccc(Br)c2)CC1. The number of rotatable bonds is 5. The van der Waals surface area contributed by atoms with Crippen LogP contribution >= 0.6 is 15.9 Å². The lowest BCUT2D eigenvalue weighted by Gasteiger charge is -2.37. The predicted molar refractivity (Wildman–Crippen MR) is 81.7 cm³/mol. The van der Waals surface area contributed by atoms with E-state index in [0.717, 1.165) is 29.3 Å². The fourth-order valence-electron chi connectivity index (χ4n) is 3.09. The van der Waals surface area contributed by atoms with E-state index in [1.807, 2.05) is 24.3 Å². The van der Waals surface area contributed by atoms with Gasteiger partial charge in [-0.05, 0) is 43.4 Å². The van der Waals surface area contributed by atoms with Crippen molar-refractivity contribution in [1.29, 1.82) is 0 Å². The predicted octanol–water partition coefficient (Wildman–Crippen LogP) is 3.20. The molecule has 0 heterocycles. The summed E-state index contributed by atoms with van der Waals surface area (Å²) < 4.78 is 0.988. The molecule has 2 saturated carbocycles. The van der Waals surface area contributed by atoms with Crippen LogP contribution < -0.4 is 5.32 Å². The second-order valence-corrected chi connectivity index (χ2v) is 7.17. The molecule has 2 aliphatic rings. The minimum atomic E-state index is -0.837. The van der Waals surface area contributed by atoms with Gasteiger partial charge in [0.05, 0.1) is 11.0 Å². The van der Waals surface area contributed by atoms with Crippen molar-refractivity contribution in [3.63, 3.8) is 0 Å². The van der Waals surface area contributed by atoms with E-state index in [0.29, 0.717) is 12.8 Å². The second-order valence-electron chi connectivity index (χ2n) is 6.26. The number of amides is 1. The number of benzene rings is 1. The van der Waals surface area contributed by atoms with E-state index in [1.165, 1.54) is 0 Å². The number of carbonyl (C=O) groups is 2. The van der Waals surface area contributed by atoms with Gasteiger partial charge < -0.3 is 10.4 Å². The van der Waals surface area contributed by atoms with Crippen LogP contribution in [0.3, 0.4) is 0 Å². The van der Waals surface area contributed by atoms with Crippen molar-refractivity contribution in [3.8, 4) is 0 Å². The van der Waals surface area contributed by atoms with Gasteiger partial charge in [-0.3, -0.25) is 9.59 Å². The third kappa shape index (κ3) is 2.71. The number of hydrogen-bond acceptors (Lipinski definition) is 2. The summed E-state index contributed by atoms with van der Waals surface area (Å²) in [5.41, 5.74) is -0.0231. The molecule has 0 unspecified atom stereocenters. The first-order valence-corrected chi connectivity index (χ1v) is 8.06. The minimum Gasteiger partial charge on any atom is -0.481 e. The van der Waals surface area contributed by atoms with Crippen molar-refractivity contribution in [3.05, 3.63) is 34.3 Å². The zero-order valence-electron chi connectivity index (χ0n) is 11.7. The quantitative estimate of drug-likeness (QED) is 0.855. The van der Waals surface area contributed by atoms with E-state index in [2.05, 4.69) is 21.2 Å². The Morgan fingerprint density at radius 2 is 1.95 bits per heavy atom. The molecule has 2 N–H and O–H groups in total. The highest BCUT2D eigenvalue weighted by atomic mass is 79.9. The van der Waals surface area contributed by atoms with E-state index >= 15 is 0 Å². The highest BCUT2D eigenvalue weighted by Gasteiger charge is 2.49. The molecule has 0 saturated heterocycles. The monoisotopic (exact) mass is 351 g/mol. The third-order valence-corrected chi connectivity index (χ3v) is 5.26. The molecule has 112 valence electrons. The molecule has 0 atom stereocenters. The fourth-order valence-corrected chi connectivity index (χ4v) is 3.48. The Labute approximate surface area is 132 Å². The van der Waals surface area contributed by atoms with Crippen molar-refractivity contribution in [2.45, 2.75) is 44.1 Å². The number of hydrogen-bond donors (Lipinski definition) is 2. The van der Waals surface area contributed by atoms with Crippen molar-refractivity contribution in [1.82, 2.24) is 5.32 Å². The lowest BCUT2D eigenvalue weighted by atomic mass is 9.66. The Balaban J connectivity index is 1.69.